The lowest BCUT2D eigenvalue weighted by atomic mass is 9.48. The molecule has 1 saturated heterocycles. The van der Waals surface area contributed by atoms with Crippen LogP contribution in [0.15, 0.2) is 24.3 Å². The van der Waals surface area contributed by atoms with Gasteiger partial charge < -0.3 is 4.90 Å². The first-order valence-electron chi connectivity index (χ1n) is 9.62. The van der Waals surface area contributed by atoms with Crippen LogP contribution in [0.5, 0.6) is 0 Å². The van der Waals surface area contributed by atoms with Crippen molar-refractivity contribution in [2.75, 3.05) is 18.0 Å². The van der Waals surface area contributed by atoms with E-state index in [9.17, 15) is 0 Å². The molecule has 1 nitrogen and oxygen atoms in total. The molecule has 5 fully saturated rings. The van der Waals surface area contributed by atoms with Crippen LogP contribution >= 0.6 is 0 Å². The van der Waals surface area contributed by atoms with Crippen molar-refractivity contribution in [1.29, 1.82) is 0 Å². The van der Waals surface area contributed by atoms with E-state index in [0.717, 1.165) is 17.8 Å². The predicted molar refractivity (Wildman–Crippen MR) is 92.2 cm³/mol. The van der Waals surface area contributed by atoms with E-state index < -0.39 is 0 Å². The van der Waals surface area contributed by atoms with Crippen molar-refractivity contribution in [3.05, 3.63) is 29.8 Å². The summed E-state index contributed by atoms with van der Waals surface area (Å²) in [6.45, 7) is 2.52. The number of benzene rings is 1. The quantitative estimate of drug-likeness (QED) is 0.754. The molecule has 4 bridgehead atoms. The Hall–Kier alpha value is -0.980. The minimum atomic E-state index is 0.684. The summed E-state index contributed by atoms with van der Waals surface area (Å²) >= 11 is 0. The van der Waals surface area contributed by atoms with Gasteiger partial charge in [0.25, 0.3) is 0 Å². The Morgan fingerprint density at radius 2 is 1.36 bits per heavy atom. The summed E-state index contributed by atoms with van der Waals surface area (Å²) in [5, 5.41) is 0. The Morgan fingerprint density at radius 1 is 0.818 bits per heavy atom. The average molecular weight is 295 g/mol. The number of anilines is 1. The maximum Gasteiger partial charge on any atom is 0.0366 e. The van der Waals surface area contributed by atoms with Crippen LogP contribution in [0, 0.1) is 23.2 Å². The van der Waals surface area contributed by atoms with E-state index in [1.165, 1.54) is 57.3 Å². The summed E-state index contributed by atoms with van der Waals surface area (Å²) in [5.74, 6) is 3.24. The molecule has 1 heteroatoms. The Morgan fingerprint density at radius 3 is 1.91 bits per heavy atom. The minimum absolute atomic E-state index is 0.684. The zero-order valence-corrected chi connectivity index (χ0v) is 13.8. The normalized spacial score (nSPS) is 39.6. The summed E-state index contributed by atoms with van der Waals surface area (Å²) in [6, 6.07) is 9.65. The van der Waals surface area contributed by atoms with Gasteiger partial charge >= 0.3 is 0 Å². The molecule has 0 amide bonds. The zero-order chi connectivity index (χ0) is 14.6. The summed E-state index contributed by atoms with van der Waals surface area (Å²) in [4.78, 5) is 2.55. The fourth-order valence-electron chi connectivity index (χ4n) is 6.74. The fourth-order valence-corrected chi connectivity index (χ4v) is 6.74. The molecule has 0 unspecified atom stereocenters. The van der Waals surface area contributed by atoms with Crippen molar-refractivity contribution in [2.45, 2.75) is 57.8 Å². The second kappa shape index (κ2) is 5.01. The van der Waals surface area contributed by atoms with E-state index in [0.29, 0.717) is 5.41 Å². The second-order valence-corrected chi connectivity index (χ2v) is 8.95. The van der Waals surface area contributed by atoms with Gasteiger partial charge in [-0.1, -0.05) is 12.1 Å². The maximum absolute atomic E-state index is 2.55. The van der Waals surface area contributed by atoms with Crippen LogP contribution in [0.1, 0.15) is 56.9 Å². The lowest BCUT2D eigenvalue weighted by Crippen LogP contribution is -2.47. The number of nitrogens with zero attached hydrogens (tertiary/aromatic N) is 1. The molecule has 0 radical (unpaired) electrons. The van der Waals surface area contributed by atoms with E-state index in [-0.39, 0.29) is 0 Å². The molecule has 4 saturated carbocycles. The van der Waals surface area contributed by atoms with Gasteiger partial charge in [-0.15, -0.1) is 0 Å². The third kappa shape index (κ3) is 2.28. The molecule has 0 N–H and O–H groups in total. The van der Waals surface area contributed by atoms with Crippen LogP contribution in [0.3, 0.4) is 0 Å². The molecule has 1 aliphatic heterocycles. The van der Waals surface area contributed by atoms with Crippen LogP contribution in [0.4, 0.5) is 5.69 Å². The first-order chi connectivity index (χ1) is 10.8. The van der Waals surface area contributed by atoms with Crippen LogP contribution < -0.4 is 4.90 Å². The molecule has 6 rings (SSSR count). The first kappa shape index (κ1) is 13.5. The average Bonchev–Trinajstić information content (AvgIpc) is 3.00. The Bertz CT molecular complexity index is 502. The van der Waals surface area contributed by atoms with Gasteiger partial charge in [-0.2, -0.15) is 0 Å². The fraction of sp³-hybridized carbons (Fsp3) is 0.714. The Balaban J connectivity index is 1.33. The van der Waals surface area contributed by atoms with Crippen LogP contribution in [-0.4, -0.2) is 13.1 Å². The SMILES string of the molecule is c1cc(N2CCCC2)ccc1CC12CC3CC(CC(C3)C1)C2. The maximum atomic E-state index is 2.55. The van der Waals surface area contributed by atoms with Gasteiger partial charge in [0.1, 0.15) is 0 Å². The van der Waals surface area contributed by atoms with Crippen molar-refractivity contribution >= 4 is 5.69 Å². The highest BCUT2D eigenvalue weighted by molar-refractivity contribution is 5.48. The highest BCUT2D eigenvalue weighted by atomic mass is 15.1. The second-order valence-electron chi connectivity index (χ2n) is 8.95. The molecule has 118 valence electrons. The Labute approximate surface area is 135 Å². The number of rotatable bonds is 3. The van der Waals surface area contributed by atoms with Crippen molar-refractivity contribution in [3.63, 3.8) is 0 Å². The summed E-state index contributed by atoms with van der Waals surface area (Å²) in [5.41, 5.74) is 3.74. The first-order valence-corrected chi connectivity index (χ1v) is 9.62. The Kier molecular flexibility index (Phi) is 3.06. The van der Waals surface area contributed by atoms with E-state index in [2.05, 4.69) is 29.2 Å². The van der Waals surface area contributed by atoms with Gasteiger partial charge in [-0.05, 0) is 98.7 Å². The summed E-state index contributed by atoms with van der Waals surface area (Å²) < 4.78 is 0. The highest BCUT2D eigenvalue weighted by Crippen LogP contribution is 2.61. The third-order valence-electron chi connectivity index (χ3n) is 7.15. The van der Waals surface area contributed by atoms with Crippen molar-refractivity contribution < 1.29 is 0 Å². The van der Waals surface area contributed by atoms with E-state index in [1.54, 1.807) is 24.8 Å². The van der Waals surface area contributed by atoms with Crippen LogP contribution in [0.25, 0.3) is 0 Å². The minimum Gasteiger partial charge on any atom is -0.372 e. The largest absolute Gasteiger partial charge is 0.372 e. The molecule has 1 aromatic carbocycles. The molecule has 5 aliphatic rings. The standard InChI is InChI=1S/C21H29N/c1-2-8-22(7-1)20-5-3-16(4-6-20)12-21-13-17-9-18(14-21)11-19(10-17)15-21/h3-6,17-19H,1-2,7-15H2. The number of hydrogen-bond acceptors (Lipinski definition) is 1. The van der Waals surface area contributed by atoms with Crippen LogP contribution in [-0.2, 0) is 6.42 Å². The van der Waals surface area contributed by atoms with Crippen molar-refractivity contribution in [3.8, 4) is 0 Å². The lowest BCUT2D eigenvalue weighted by Gasteiger charge is -2.57. The van der Waals surface area contributed by atoms with Crippen molar-refractivity contribution in [1.82, 2.24) is 0 Å². The van der Waals surface area contributed by atoms with E-state index in [4.69, 9.17) is 0 Å². The lowest BCUT2D eigenvalue weighted by molar-refractivity contribution is -0.0521. The third-order valence-corrected chi connectivity index (χ3v) is 7.15. The summed E-state index contributed by atoms with van der Waals surface area (Å²) in [6.07, 6.45) is 13.4. The highest BCUT2D eigenvalue weighted by Gasteiger charge is 2.50. The predicted octanol–water partition coefficient (Wildman–Crippen LogP) is 5.05. The molecule has 4 aliphatic carbocycles. The van der Waals surface area contributed by atoms with Gasteiger partial charge in [0, 0.05) is 18.8 Å². The summed E-state index contributed by atoms with van der Waals surface area (Å²) in [7, 11) is 0. The van der Waals surface area contributed by atoms with Gasteiger partial charge in [-0.25, -0.2) is 0 Å². The van der Waals surface area contributed by atoms with Gasteiger partial charge in [0.05, 0.1) is 0 Å². The smallest absolute Gasteiger partial charge is 0.0366 e. The number of hydrogen-bond donors (Lipinski definition) is 0. The van der Waals surface area contributed by atoms with Gasteiger partial charge in [-0.3, -0.25) is 0 Å². The van der Waals surface area contributed by atoms with E-state index in [1.807, 2.05) is 0 Å². The van der Waals surface area contributed by atoms with Crippen molar-refractivity contribution in [2.24, 2.45) is 23.2 Å². The molecular weight excluding hydrogens is 266 g/mol. The molecule has 1 heterocycles. The molecule has 22 heavy (non-hydrogen) atoms. The molecular formula is C21H29N. The zero-order valence-electron chi connectivity index (χ0n) is 13.8. The van der Waals surface area contributed by atoms with Gasteiger partial charge in [0.15, 0.2) is 0 Å². The van der Waals surface area contributed by atoms with Crippen LogP contribution in [0.2, 0.25) is 0 Å². The van der Waals surface area contributed by atoms with Gasteiger partial charge in [0.2, 0.25) is 0 Å². The molecule has 0 atom stereocenters. The monoisotopic (exact) mass is 295 g/mol. The molecule has 0 spiro atoms. The van der Waals surface area contributed by atoms with E-state index >= 15 is 0 Å². The molecule has 0 aromatic heterocycles. The topological polar surface area (TPSA) is 3.24 Å². The molecule has 1 aromatic rings.